The lowest BCUT2D eigenvalue weighted by atomic mass is 9.86. The maximum absolute atomic E-state index is 2.53. The quantitative estimate of drug-likeness (QED) is 0.133. The number of benzene rings is 10. The summed E-state index contributed by atoms with van der Waals surface area (Å²) in [6, 6.07) is 91.3. The van der Waals surface area contributed by atoms with Crippen molar-refractivity contribution in [2.24, 2.45) is 0 Å². The fourth-order valence-electron chi connectivity index (χ4n) is 10.3. The molecule has 1 aromatic heterocycles. The number of nitrogens with zero attached hydrogens (tertiary/aromatic N) is 2. The third-order valence-corrected chi connectivity index (χ3v) is 13.4. The Kier molecular flexibility index (Phi) is 9.76. The molecular weight excluding hydrogens is 785 g/mol. The molecule has 12 rings (SSSR count). The lowest BCUT2D eigenvalue weighted by Crippen LogP contribution is -2.09. The standard InChI is InChI=1S/C63H46N2/c1-5-17-44(18-6-1)39-50(46-19-7-2-8-20-46)40-45-29-31-48(32-30-45)51-41-59-56-26-14-13-25-55(56)58-38-35-49(43-62(58)65-61-28-16-15-27-57(61)60(42-51)63(59)65)47-33-36-54(37-34-47)64(52-21-9-3-10-22-52)53-23-11-4-12-24-53/h1-38,41-43,50H,39-40H2/t50-/m1/s1. The van der Waals surface area contributed by atoms with Gasteiger partial charge in [-0.05, 0) is 129 Å². The average Bonchev–Trinajstić information content (AvgIpc) is 3.65. The van der Waals surface area contributed by atoms with Crippen LogP contribution in [0, 0.1) is 0 Å². The van der Waals surface area contributed by atoms with Gasteiger partial charge in [-0.2, -0.15) is 0 Å². The van der Waals surface area contributed by atoms with Gasteiger partial charge >= 0.3 is 0 Å². The third-order valence-electron chi connectivity index (χ3n) is 13.4. The van der Waals surface area contributed by atoms with Gasteiger partial charge in [0.2, 0.25) is 0 Å². The topological polar surface area (TPSA) is 8.17 Å². The summed E-state index contributed by atoms with van der Waals surface area (Å²) >= 11 is 0. The van der Waals surface area contributed by atoms with Crippen molar-refractivity contribution < 1.29 is 0 Å². The van der Waals surface area contributed by atoms with Gasteiger partial charge in [-0.25, -0.2) is 0 Å². The van der Waals surface area contributed by atoms with Crippen LogP contribution in [0.15, 0.2) is 249 Å². The summed E-state index contributed by atoms with van der Waals surface area (Å²) in [5, 5.41) is 2.53. The largest absolute Gasteiger partial charge is 0.311 e. The van der Waals surface area contributed by atoms with Crippen LogP contribution in [0.5, 0.6) is 0 Å². The summed E-state index contributed by atoms with van der Waals surface area (Å²) < 4.78 is 2.53. The summed E-state index contributed by atoms with van der Waals surface area (Å²) in [4.78, 5) is 2.31. The zero-order valence-corrected chi connectivity index (χ0v) is 36.1. The summed E-state index contributed by atoms with van der Waals surface area (Å²) in [6.45, 7) is 0. The molecule has 2 heteroatoms. The predicted octanol–water partition coefficient (Wildman–Crippen LogP) is 16.8. The molecule has 0 saturated heterocycles. The number of aromatic nitrogens is 1. The Morgan fingerprint density at radius 2 is 0.846 bits per heavy atom. The van der Waals surface area contributed by atoms with Crippen LogP contribution in [0.1, 0.15) is 22.6 Å². The van der Waals surface area contributed by atoms with E-state index in [2.05, 4.69) is 258 Å². The molecule has 65 heavy (non-hydrogen) atoms. The first-order chi connectivity index (χ1) is 32.2. The van der Waals surface area contributed by atoms with Crippen molar-refractivity contribution in [2.45, 2.75) is 18.8 Å². The van der Waals surface area contributed by atoms with Gasteiger partial charge in [0.25, 0.3) is 0 Å². The number of hydrogen-bond donors (Lipinski definition) is 0. The zero-order chi connectivity index (χ0) is 43.1. The lowest BCUT2D eigenvalue weighted by molar-refractivity contribution is 0.680. The van der Waals surface area contributed by atoms with Crippen LogP contribution in [0.2, 0.25) is 0 Å². The maximum atomic E-state index is 2.53. The van der Waals surface area contributed by atoms with Crippen LogP contribution >= 0.6 is 0 Å². The molecule has 0 unspecified atom stereocenters. The first-order valence-corrected chi connectivity index (χ1v) is 22.7. The van der Waals surface area contributed by atoms with Crippen molar-refractivity contribution in [3.05, 3.63) is 265 Å². The summed E-state index contributed by atoms with van der Waals surface area (Å²) in [7, 11) is 0. The molecule has 1 aliphatic rings. The van der Waals surface area contributed by atoms with Gasteiger partial charge in [-0.3, -0.25) is 0 Å². The Hall–Kier alpha value is -8.20. The second-order valence-corrected chi connectivity index (χ2v) is 17.3. The van der Waals surface area contributed by atoms with Gasteiger partial charge in [-0.15, -0.1) is 0 Å². The van der Waals surface area contributed by atoms with E-state index in [0.717, 1.165) is 29.9 Å². The second-order valence-electron chi connectivity index (χ2n) is 17.3. The van der Waals surface area contributed by atoms with Crippen LogP contribution in [0.25, 0.3) is 72.0 Å². The Morgan fingerprint density at radius 3 is 1.52 bits per heavy atom. The van der Waals surface area contributed by atoms with E-state index in [-0.39, 0.29) is 0 Å². The predicted molar refractivity (Wildman–Crippen MR) is 274 cm³/mol. The van der Waals surface area contributed by atoms with Crippen molar-refractivity contribution in [1.29, 1.82) is 0 Å². The summed E-state index contributed by atoms with van der Waals surface area (Å²) in [6.07, 6.45) is 1.99. The minimum atomic E-state index is 0.391. The summed E-state index contributed by atoms with van der Waals surface area (Å²) in [5.74, 6) is 0.391. The van der Waals surface area contributed by atoms with Gasteiger partial charge in [-0.1, -0.05) is 188 Å². The van der Waals surface area contributed by atoms with Crippen LogP contribution in [0.4, 0.5) is 17.1 Å². The number of para-hydroxylation sites is 3. The molecule has 1 aliphatic heterocycles. The van der Waals surface area contributed by atoms with Crippen LogP contribution in [-0.2, 0) is 12.8 Å². The van der Waals surface area contributed by atoms with E-state index < -0.39 is 0 Å². The molecule has 11 aromatic rings. The monoisotopic (exact) mass is 830 g/mol. The molecule has 0 bridgehead atoms. The van der Waals surface area contributed by atoms with Gasteiger partial charge < -0.3 is 9.47 Å². The molecule has 0 N–H and O–H groups in total. The number of hydrogen-bond acceptors (Lipinski definition) is 1. The Bertz CT molecular complexity index is 3410. The summed E-state index contributed by atoms with van der Waals surface area (Å²) in [5.41, 5.74) is 20.9. The van der Waals surface area contributed by atoms with Crippen molar-refractivity contribution in [2.75, 3.05) is 4.90 Å². The molecule has 308 valence electrons. The number of anilines is 3. The zero-order valence-electron chi connectivity index (χ0n) is 36.1. The van der Waals surface area contributed by atoms with E-state index in [0.29, 0.717) is 5.92 Å². The molecule has 0 spiro atoms. The Balaban J connectivity index is 0.945. The Morgan fingerprint density at radius 1 is 0.338 bits per heavy atom. The van der Waals surface area contributed by atoms with E-state index in [1.165, 1.54) is 88.7 Å². The van der Waals surface area contributed by atoms with Crippen LogP contribution in [-0.4, -0.2) is 4.57 Å². The SMILES string of the molecule is c1ccc(C[C@H](Cc2ccc(-c3cc4c5c(c3)c3ccccc3n5-c3cc(-c5ccc(N(c6ccccc6)c6ccccc6)cc5)ccc3-c3ccccc3-4)cc2)c2ccccc2)cc1. The number of fused-ring (bicyclic) bond motifs is 8. The van der Waals surface area contributed by atoms with E-state index in [4.69, 9.17) is 0 Å². The average molecular weight is 831 g/mol. The van der Waals surface area contributed by atoms with E-state index in [1.807, 2.05) is 0 Å². The highest BCUT2D eigenvalue weighted by atomic mass is 15.1. The minimum Gasteiger partial charge on any atom is -0.311 e. The molecule has 0 fully saturated rings. The fraction of sp³-hybridized carbons (Fsp3) is 0.0476. The van der Waals surface area contributed by atoms with Crippen molar-refractivity contribution >= 4 is 38.9 Å². The van der Waals surface area contributed by atoms with Crippen LogP contribution in [0.3, 0.4) is 0 Å². The highest BCUT2D eigenvalue weighted by Gasteiger charge is 2.26. The maximum Gasteiger partial charge on any atom is 0.0620 e. The Labute approximate surface area is 381 Å². The normalized spacial score (nSPS) is 12.1. The molecule has 0 aliphatic carbocycles. The van der Waals surface area contributed by atoms with E-state index in [1.54, 1.807) is 0 Å². The van der Waals surface area contributed by atoms with Gasteiger partial charge in [0, 0.05) is 39.0 Å². The van der Waals surface area contributed by atoms with Gasteiger partial charge in [0.1, 0.15) is 0 Å². The van der Waals surface area contributed by atoms with Crippen LogP contribution < -0.4 is 4.90 Å². The van der Waals surface area contributed by atoms with E-state index in [9.17, 15) is 0 Å². The van der Waals surface area contributed by atoms with Gasteiger partial charge in [0.15, 0.2) is 0 Å². The van der Waals surface area contributed by atoms with Gasteiger partial charge in [0.05, 0.1) is 16.7 Å². The molecule has 2 heterocycles. The van der Waals surface area contributed by atoms with E-state index >= 15 is 0 Å². The third kappa shape index (κ3) is 7.10. The minimum absolute atomic E-state index is 0.391. The molecular formula is C63H46N2. The first-order valence-electron chi connectivity index (χ1n) is 22.7. The molecule has 10 aromatic carbocycles. The molecule has 0 radical (unpaired) electrons. The molecule has 1 atom stereocenters. The number of rotatable bonds is 10. The van der Waals surface area contributed by atoms with Crippen molar-refractivity contribution in [1.82, 2.24) is 4.57 Å². The molecule has 2 nitrogen and oxygen atoms in total. The van der Waals surface area contributed by atoms with Crippen molar-refractivity contribution in [3.8, 4) is 50.2 Å². The molecule has 0 amide bonds. The lowest BCUT2D eigenvalue weighted by Gasteiger charge is -2.25. The second kappa shape index (κ2) is 16.5. The van der Waals surface area contributed by atoms with Crippen molar-refractivity contribution in [3.63, 3.8) is 0 Å². The highest BCUT2D eigenvalue weighted by Crippen LogP contribution is 2.49. The smallest absolute Gasteiger partial charge is 0.0620 e. The highest BCUT2D eigenvalue weighted by molar-refractivity contribution is 6.17. The fourth-order valence-corrected chi connectivity index (χ4v) is 10.3. The molecule has 0 saturated carbocycles. The first kappa shape index (κ1) is 38.5.